The Balaban J connectivity index is 1.37. The van der Waals surface area contributed by atoms with Crippen LogP contribution < -0.4 is 4.74 Å². The summed E-state index contributed by atoms with van der Waals surface area (Å²) in [5.41, 5.74) is 0. The van der Waals surface area contributed by atoms with E-state index in [1.54, 1.807) is 12.1 Å². The van der Waals surface area contributed by atoms with Crippen LogP contribution in [-0.2, 0) is 9.59 Å². The summed E-state index contributed by atoms with van der Waals surface area (Å²) in [5, 5.41) is 0. The zero-order valence-electron chi connectivity index (χ0n) is 15.2. The molecular weight excluding hydrogens is 335 g/mol. The van der Waals surface area contributed by atoms with Gasteiger partial charge in [-0.2, -0.15) is 0 Å². The van der Waals surface area contributed by atoms with Crippen LogP contribution in [0.25, 0.3) is 0 Å². The van der Waals surface area contributed by atoms with Crippen molar-refractivity contribution in [3.05, 3.63) is 30.1 Å². The number of amides is 2. The van der Waals surface area contributed by atoms with Gasteiger partial charge in [0.05, 0.1) is 13.0 Å². The average molecular weight is 362 g/mol. The third-order valence-electron chi connectivity index (χ3n) is 5.26. The fraction of sp³-hybridized carbons (Fsp3) is 0.600. The lowest BCUT2D eigenvalue weighted by Gasteiger charge is -2.35. The maximum Gasteiger partial charge on any atom is 0.225 e. The van der Waals surface area contributed by atoms with Gasteiger partial charge in [-0.1, -0.05) is 0 Å². The monoisotopic (exact) mass is 362 g/mol. The van der Waals surface area contributed by atoms with E-state index in [-0.39, 0.29) is 30.2 Å². The van der Waals surface area contributed by atoms with Gasteiger partial charge in [0.1, 0.15) is 11.6 Å². The van der Waals surface area contributed by atoms with E-state index >= 15 is 0 Å². The largest absolute Gasteiger partial charge is 0.493 e. The molecule has 5 nitrogen and oxygen atoms in total. The van der Waals surface area contributed by atoms with Crippen molar-refractivity contribution < 1.29 is 18.7 Å². The smallest absolute Gasteiger partial charge is 0.225 e. The summed E-state index contributed by atoms with van der Waals surface area (Å²) in [4.78, 5) is 28.7. The molecule has 1 aromatic carbocycles. The number of benzene rings is 1. The molecule has 2 fully saturated rings. The summed E-state index contributed by atoms with van der Waals surface area (Å²) in [6.45, 7) is 3.33. The fourth-order valence-corrected chi connectivity index (χ4v) is 3.69. The van der Waals surface area contributed by atoms with Crippen LogP contribution in [0.3, 0.4) is 0 Å². The van der Waals surface area contributed by atoms with Crippen LogP contribution in [0, 0.1) is 11.7 Å². The van der Waals surface area contributed by atoms with Crippen LogP contribution in [0.1, 0.15) is 38.5 Å². The molecule has 26 heavy (non-hydrogen) atoms. The predicted octanol–water partition coefficient (Wildman–Crippen LogP) is 2.85. The van der Waals surface area contributed by atoms with Gasteiger partial charge in [-0.25, -0.2) is 4.39 Å². The Hall–Kier alpha value is -2.11. The minimum Gasteiger partial charge on any atom is -0.493 e. The molecule has 0 aromatic heterocycles. The second-order valence-electron chi connectivity index (χ2n) is 7.09. The molecule has 2 saturated heterocycles. The number of hydrogen-bond donors (Lipinski definition) is 0. The van der Waals surface area contributed by atoms with Gasteiger partial charge in [0, 0.05) is 32.1 Å². The first-order chi connectivity index (χ1) is 12.6. The van der Waals surface area contributed by atoms with E-state index in [1.165, 1.54) is 18.6 Å². The van der Waals surface area contributed by atoms with Crippen LogP contribution >= 0.6 is 0 Å². The molecule has 0 aliphatic carbocycles. The summed E-state index contributed by atoms with van der Waals surface area (Å²) >= 11 is 0. The molecule has 2 aliphatic rings. The highest BCUT2D eigenvalue weighted by atomic mass is 19.1. The third kappa shape index (κ3) is 4.96. The maximum absolute atomic E-state index is 12.8. The van der Waals surface area contributed by atoms with Crippen molar-refractivity contribution in [2.45, 2.75) is 38.5 Å². The molecule has 0 unspecified atom stereocenters. The van der Waals surface area contributed by atoms with Crippen LogP contribution in [-0.4, -0.2) is 54.4 Å². The summed E-state index contributed by atoms with van der Waals surface area (Å²) in [5.74, 6) is 0.639. The summed E-state index contributed by atoms with van der Waals surface area (Å²) in [7, 11) is 0. The van der Waals surface area contributed by atoms with E-state index in [2.05, 4.69) is 0 Å². The number of piperidine rings is 2. The quantitative estimate of drug-likeness (QED) is 0.809. The SMILES string of the molecule is O=C(CCOc1ccc(F)cc1)N1CCC(C(=O)N2CCCCC2)CC1. The number of nitrogens with zero attached hydrogens (tertiary/aromatic N) is 2. The minimum absolute atomic E-state index is 0.0518. The summed E-state index contributed by atoms with van der Waals surface area (Å²) in [6.07, 6.45) is 5.23. The lowest BCUT2D eigenvalue weighted by atomic mass is 9.94. The molecule has 0 N–H and O–H groups in total. The normalized spacial score (nSPS) is 18.7. The van der Waals surface area contributed by atoms with Crippen LogP contribution in [0.4, 0.5) is 4.39 Å². The van der Waals surface area contributed by atoms with Gasteiger partial charge in [0.15, 0.2) is 0 Å². The molecule has 0 atom stereocenters. The Morgan fingerprint density at radius 3 is 2.27 bits per heavy atom. The van der Waals surface area contributed by atoms with Crippen molar-refractivity contribution >= 4 is 11.8 Å². The Morgan fingerprint density at radius 1 is 0.962 bits per heavy atom. The number of carbonyl (C=O) groups excluding carboxylic acids is 2. The third-order valence-corrected chi connectivity index (χ3v) is 5.26. The number of hydrogen-bond acceptors (Lipinski definition) is 3. The van der Waals surface area contributed by atoms with Crippen molar-refractivity contribution in [1.82, 2.24) is 9.80 Å². The molecule has 2 amide bonds. The average Bonchev–Trinajstić information content (AvgIpc) is 2.69. The number of ether oxygens (including phenoxy) is 1. The van der Waals surface area contributed by atoms with E-state index in [0.29, 0.717) is 25.3 Å². The lowest BCUT2D eigenvalue weighted by molar-refractivity contribution is -0.141. The molecule has 0 bridgehead atoms. The van der Waals surface area contributed by atoms with Crippen molar-refractivity contribution in [1.29, 1.82) is 0 Å². The van der Waals surface area contributed by atoms with E-state index < -0.39 is 0 Å². The molecule has 3 rings (SSSR count). The second kappa shape index (κ2) is 9.01. The molecule has 0 radical (unpaired) electrons. The first kappa shape index (κ1) is 18.7. The molecule has 2 aliphatic heterocycles. The molecule has 0 spiro atoms. The molecule has 0 saturated carbocycles. The zero-order chi connectivity index (χ0) is 18.4. The highest BCUT2D eigenvalue weighted by Gasteiger charge is 2.30. The zero-order valence-corrected chi connectivity index (χ0v) is 15.2. The second-order valence-corrected chi connectivity index (χ2v) is 7.09. The highest BCUT2D eigenvalue weighted by molar-refractivity contribution is 5.80. The Labute approximate surface area is 154 Å². The lowest BCUT2D eigenvalue weighted by Crippen LogP contribution is -2.45. The van der Waals surface area contributed by atoms with Gasteiger partial charge in [0.2, 0.25) is 11.8 Å². The van der Waals surface area contributed by atoms with Crippen molar-refractivity contribution in [3.63, 3.8) is 0 Å². The topological polar surface area (TPSA) is 49.9 Å². The van der Waals surface area contributed by atoms with Crippen molar-refractivity contribution in [2.75, 3.05) is 32.8 Å². The Morgan fingerprint density at radius 2 is 1.62 bits per heavy atom. The van der Waals surface area contributed by atoms with Gasteiger partial charge in [0.25, 0.3) is 0 Å². The van der Waals surface area contributed by atoms with Crippen molar-refractivity contribution in [2.24, 2.45) is 5.92 Å². The first-order valence-corrected chi connectivity index (χ1v) is 9.58. The summed E-state index contributed by atoms with van der Waals surface area (Å²) in [6, 6.07) is 5.78. The molecular formula is C20H27FN2O3. The highest BCUT2D eigenvalue weighted by Crippen LogP contribution is 2.22. The van der Waals surface area contributed by atoms with Crippen LogP contribution in [0.2, 0.25) is 0 Å². The first-order valence-electron chi connectivity index (χ1n) is 9.58. The van der Waals surface area contributed by atoms with E-state index in [0.717, 1.165) is 38.8 Å². The van der Waals surface area contributed by atoms with Gasteiger partial charge < -0.3 is 14.5 Å². The van der Waals surface area contributed by atoms with Gasteiger partial charge >= 0.3 is 0 Å². The van der Waals surface area contributed by atoms with Gasteiger partial charge in [-0.05, 0) is 56.4 Å². The van der Waals surface area contributed by atoms with E-state index in [1.807, 2.05) is 9.80 Å². The van der Waals surface area contributed by atoms with Crippen LogP contribution in [0.5, 0.6) is 5.75 Å². The van der Waals surface area contributed by atoms with Gasteiger partial charge in [-0.3, -0.25) is 9.59 Å². The van der Waals surface area contributed by atoms with Crippen LogP contribution in [0.15, 0.2) is 24.3 Å². The van der Waals surface area contributed by atoms with E-state index in [9.17, 15) is 14.0 Å². The predicted molar refractivity (Wildman–Crippen MR) is 96.2 cm³/mol. The number of halogens is 1. The van der Waals surface area contributed by atoms with Gasteiger partial charge in [-0.15, -0.1) is 0 Å². The maximum atomic E-state index is 12.8. The number of likely N-dealkylation sites (tertiary alicyclic amines) is 2. The minimum atomic E-state index is -0.310. The summed E-state index contributed by atoms with van der Waals surface area (Å²) < 4.78 is 18.3. The number of rotatable bonds is 5. The molecule has 142 valence electrons. The Kier molecular flexibility index (Phi) is 6.47. The Bertz CT molecular complexity index is 606. The number of carbonyl (C=O) groups is 2. The molecule has 6 heteroatoms. The van der Waals surface area contributed by atoms with E-state index in [4.69, 9.17) is 4.74 Å². The fourth-order valence-electron chi connectivity index (χ4n) is 3.69. The molecule has 2 heterocycles. The van der Waals surface area contributed by atoms with Crippen molar-refractivity contribution in [3.8, 4) is 5.75 Å². The standard InChI is InChI=1S/C20H27FN2O3/c21-17-4-6-18(7-5-17)26-15-10-19(24)22-13-8-16(9-14-22)20(25)23-11-2-1-3-12-23/h4-7,16H,1-3,8-15H2. The molecule has 1 aromatic rings.